The summed E-state index contributed by atoms with van der Waals surface area (Å²) in [6.07, 6.45) is 0. The molecule has 0 atom stereocenters. The van der Waals surface area contributed by atoms with Crippen molar-refractivity contribution in [3.8, 4) is 11.5 Å². The molecule has 1 amide bonds. The van der Waals surface area contributed by atoms with Crippen LogP contribution in [0.25, 0.3) is 0 Å². The highest BCUT2D eigenvalue weighted by Crippen LogP contribution is 2.32. The average Bonchev–Trinajstić information content (AvgIpc) is 2.61. The number of carbonyl (C=O) groups is 2. The molecular weight excluding hydrogens is 344 g/mol. The number of anilines is 1. The largest absolute Gasteiger partial charge is 0.507 e. The zero-order chi connectivity index (χ0) is 19.3. The van der Waals surface area contributed by atoms with E-state index in [1.807, 2.05) is 0 Å². The molecule has 26 heavy (non-hydrogen) atoms. The van der Waals surface area contributed by atoms with Crippen molar-refractivity contribution in [2.75, 3.05) is 19.0 Å². The first-order valence-electron chi connectivity index (χ1n) is 7.41. The first-order chi connectivity index (χ1) is 12.3. The predicted octanol–water partition coefficient (Wildman–Crippen LogP) is 2.41. The Bertz CT molecular complexity index is 864. The SMILES string of the molecule is COc1cc(NC(=O)COC(=O)c2ccccc2O)c(C)cc1[N+](=O)[O-]. The Morgan fingerprint density at radius 3 is 2.58 bits per heavy atom. The van der Waals surface area contributed by atoms with E-state index in [1.165, 1.54) is 31.4 Å². The Morgan fingerprint density at radius 1 is 1.27 bits per heavy atom. The maximum atomic E-state index is 12.0. The molecule has 136 valence electrons. The number of para-hydroxylation sites is 1. The van der Waals surface area contributed by atoms with Crippen LogP contribution in [0.2, 0.25) is 0 Å². The minimum absolute atomic E-state index is 0.0119. The standard InChI is InChI=1S/C17H16N2O7/c1-10-7-13(19(23)24)15(25-2)8-12(10)18-16(21)9-26-17(22)11-5-3-4-6-14(11)20/h3-8,20H,9H2,1-2H3,(H,18,21). The lowest BCUT2D eigenvalue weighted by molar-refractivity contribution is -0.385. The number of carbonyl (C=O) groups excluding carboxylic acids is 2. The van der Waals surface area contributed by atoms with Gasteiger partial charge in [-0.3, -0.25) is 14.9 Å². The lowest BCUT2D eigenvalue weighted by Crippen LogP contribution is -2.21. The number of ether oxygens (including phenoxy) is 2. The lowest BCUT2D eigenvalue weighted by atomic mass is 10.1. The molecule has 2 rings (SSSR count). The Labute approximate surface area is 148 Å². The van der Waals surface area contributed by atoms with Crippen LogP contribution in [0.15, 0.2) is 36.4 Å². The van der Waals surface area contributed by atoms with Crippen LogP contribution in [0.3, 0.4) is 0 Å². The van der Waals surface area contributed by atoms with Gasteiger partial charge in [0.1, 0.15) is 11.3 Å². The van der Waals surface area contributed by atoms with Crippen molar-refractivity contribution in [2.45, 2.75) is 6.92 Å². The van der Waals surface area contributed by atoms with E-state index in [4.69, 9.17) is 9.47 Å². The predicted molar refractivity (Wildman–Crippen MR) is 91.4 cm³/mol. The van der Waals surface area contributed by atoms with Gasteiger partial charge < -0.3 is 19.9 Å². The van der Waals surface area contributed by atoms with Crippen molar-refractivity contribution in [3.63, 3.8) is 0 Å². The van der Waals surface area contributed by atoms with Crippen molar-refractivity contribution in [2.24, 2.45) is 0 Å². The van der Waals surface area contributed by atoms with E-state index < -0.39 is 23.4 Å². The van der Waals surface area contributed by atoms with Gasteiger partial charge >= 0.3 is 11.7 Å². The third-order valence-electron chi connectivity index (χ3n) is 3.45. The zero-order valence-corrected chi connectivity index (χ0v) is 14.0. The van der Waals surface area contributed by atoms with Crippen LogP contribution >= 0.6 is 0 Å². The van der Waals surface area contributed by atoms with E-state index in [0.717, 1.165) is 0 Å². The molecule has 0 saturated carbocycles. The van der Waals surface area contributed by atoms with Crippen molar-refractivity contribution >= 4 is 23.3 Å². The molecule has 0 fully saturated rings. The molecule has 9 nitrogen and oxygen atoms in total. The van der Waals surface area contributed by atoms with E-state index in [2.05, 4.69) is 5.32 Å². The number of amides is 1. The third-order valence-corrected chi connectivity index (χ3v) is 3.45. The molecule has 0 saturated heterocycles. The molecule has 2 aromatic carbocycles. The summed E-state index contributed by atoms with van der Waals surface area (Å²) in [5, 5.41) is 23.0. The zero-order valence-electron chi connectivity index (χ0n) is 14.0. The van der Waals surface area contributed by atoms with Crippen LogP contribution in [0.1, 0.15) is 15.9 Å². The summed E-state index contributed by atoms with van der Waals surface area (Å²) >= 11 is 0. The molecule has 0 aliphatic carbocycles. The first-order valence-corrected chi connectivity index (χ1v) is 7.41. The monoisotopic (exact) mass is 360 g/mol. The van der Waals surface area contributed by atoms with Crippen molar-refractivity contribution in [3.05, 3.63) is 57.6 Å². The third kappa shape index (κ3) is 4.26. The number of aromatic hydroxyl groups is 1. The van der Waals surface area contributed by atoms with E-state index >= 15 is 0 Å². The highest BCUT2D eigenvalue weighted by molar-refractivity contribution is 5.97. The van der Waals surface area contributed by atoms with Gasteiger partial charge in [-0.1, -0.05) is 12.1 Å². The van der Waals surface area contributed by atoms with E-state index in [0.29, 0.717) is 5.56 Å². The van der Waals surface area contributed by atoms with Gasteiger partial charge in [0.25, 0.3) is 5.91 Å². The number of benzene rings is 2. The van der Waals surface area contributed by atoms with Crippen molar-refractivity contribution in [1.29, 1.82) is 0 Å². The van der Waals surface area contributed by atoms with Crippen LogP contribution in [-0.2, 0) is 9.53 Å². The number of hydrogen-bond acceptors (Lipinski definition) is 7. The maximum absolute atomic E-state index is 12.0. The summed E-state index contributed by atoms with van der Waals surface area (Å²) in [4.78, 5) is 34.2. The molecular formula is C17H16N2O7. The minimum Gasteiger partial charge on any atom is -0.507 e. The molecule has 0 heterocycles. The summed E-state index contributed by atoms with van der Waals surface area (Å²) in [5.41, 5.74) is 0.441. The second-order valence-corrected chi connectivity index (χ2v) is 5.24. The highest BCUT2D eigenvalue weighted by Gasteiger charge is 2.19. The van der Waals surface area contributed by atoms with Crippen LogP contribution in [-0.4, -0.2) is 35.6 Å². The smallest absolute Gasteiger partial charge is 0.342 e. The number of nitro benzene ring substituents is 1. The number of phenols is 1. The number of nitro groups is 1. The van der Waals surface area contributed by atoms with Gasteiger partial charge in [-0.05, 0) is 24.6 Å². The fraction of sp³-hybridized carbons (Fsp3) is 0.176. The number of aryl methyl sites for hydroxylation is 1. The number of phenolic OH excluding ortho intramolecular Hbond substituents is 1. The summed E-state index contributed by atoms with van der Waals surface area (Å²) in [5.74, 6) is -1.76. The highest BCUT2D eigenvalue weighted by atomic mass is 16.6. The van der Waals surface area contributed by atoms with Crippen molar-refractivity contribution < 1.29 is 29.1 Å². The molecule has 9 heteroatoms. The van der Waals surface area contributed by atoms with Gasteiger partial charge in [-0.15, -0.1) is 0 Å². The van der Waals surface area contributed by atoms with E-state index in [1.54, 1.807) is 19.1 Å². The summed E-state index contributed by atoms with van der Waals surface area (Å²) in [7, 11) is 1.28. The van der Waals surface area contributed by atoms with Gasteiger partial charge in [-0.2, -0.15) is 0 Å². The van der Waals surface area contributed by atoms with Crippen molar-refractivity contribution in [1.82, 2.24) is 0 Å². The molecule has 2 N–H and O–H groups in total. The molecule has 0 aromatic heterocycles. The molecule has 0 unspecified atom stereocenters. The van der Waals surface area contributed by atoms with E-state index in [-0.39, 0.29) is 28.4 Å². The summed E-state index contributed by atoms with van der Waals surface area (Å²) in [6.45, 7) is 0.988. The number of nitrogens with one attached hydrogen (secondary N) is 1. The van der Waals surface area contributed by atoms with Crippen LogP contribution in [0.5, 0.6) is 11.5 Å². The quantitative estimate of drug-likeness (QED) is 0.460. The molecule has 0 aliphatic rings. The second kappa shape index (κ2) is 7.97. The maximum Gasteiger partial charge on any atom is 0.342 e. The van der Waals surface area contributed by atoms with Gasteiger partial charge in [0.15, 0.2) is 12.4 Å². The fourth-order valence-corrected chi connectivity index (χ4v) is 2.16. The van der Waals surface area contributed by atoms with Gasteiger partial charge in [0.05, 0.1) is 12.0 Å². The number of esters is 1. The Balaban J connectivity index is 2.05. The van der Waals surface area contributed by atoms with Gasteiger partial charge in [0.2, 0.25) is 0 Å². The molecule has 0 spiro atoms. The number of methoxy groups -OCH3 is 1. The Morgan fingerprint density at radius 2 is 1.96 bits per heavy atom. The van der Waals surface area contributed by atoms with Gasteiger partial charge in [-0.25, -0.2) is 4.79 Å². The summed E-state index contributed by atoms with van der Waals surface area (Å²) in [6, 6.07) is 8.36. The van der Waals surface area contributed by atoms with Crippen LogP contribution in [0, 0.1) is 17.0 Å². The van der Waals surface area contributed by atoms with Crippen LogP contribution in [0.4, 0.5) is 11.4 Å². The summed E-state index contributed by atoms with van der Waals surface area (Å²) < 4.78 is 9.80. The first kappa shape index (κ1) is 18.7. The number of rotatable bonds is 6. The molecule has 0 bridgehead atoms. The lowest BCUT2D eigenvalue weighted by Gasteiger charge is -2.11. The average molecular weight is 360 g/mol. The molecule has 2 aromatic rings. The number of nitrogens with zero attached hydrogens (tertiary/aromatic N) is 1. The molecule has 0 radical (unpaired) electrons. The van der Waals surface area contributed by atoms with E-state index in [9.17, 15) is 24.8 Å². The normalized spacial score (nSPS) is 10.1. The van der Waals surface area contributed by atoms with Crippen LogP contribution < -0.4 is 10.1 Å². The Kier molecular flexibility index (Phi) is 5.74. The molecule has 0 aliphatic heterocycles. The van der Waals surface area contributed by atoms with Gasteiger partial charge in [0, 0.05) is 17.8 Å². The minimum atomic E-state index is -0.851. The Hall–Kier alpha value is -3.62. The topological polar surface area (TPSA) is 128 Å². The second-order valence-electron chi connectivity index (χ2n) is 5.24. The fourth-order valence-electron chi connectivity index (χ4n) is 2.16. The number of hydrogen-bond donors (Lipinski definition) is 2.